The second-order valence-electron chi connectivity index (χ2n) is 3.43. The highest BCUT2D eigenvalue weighted by Crippen LogP contribution is 2.10. The Labute approximate surface area is 88.4 Å². The second-order valence-corrected chi connectivity index (χ2v) is 4.42. The third kappa shape index (κ3) is 2.20. The van der Waals surface area contributed by atoms with Crippen LogP contribution in [0.15, 0.2) is 0 Å². The maximum atomic E-state index is 11.7. The van der Waals surface area contributed by atoms with Gasteiger partial charge in [0, 0.05) is 12.3 Å². The van der Waals surface area contributed by atoms with Gasteiger partial charge in [-0.25, -0.2) is 0 Å². The summed E-state index contributed by atoms with van der Waals surface area (Å²) < 4.78 is 0. The van der Waals surface area contributed by atoms with Crippen molar-refractivity contribution in [3.8, 4) is 0 Å². The van der Waals surface area contributed by atoms with Crippen LogP contribution >= 0.6 is 11.8 Å². The molecule has 1 aliphatic heterocycles. The van der Waals surface area contributed by atoms with Gasteiger partial charge in [-0.15, -0.1) is 0 Å². The van der Waals surface area contributed by atoms with Crippen molar-refractivity contribution in [2.24, 2.45) is 0 Å². The standard InChI is InChI=1S/C9H16N2O2S/c1-6-9(13)11(4-5-14-3)7(2)8(12)10-6/h6-7H,4-5H2,1-3H3,(H,10,12). The molecule has 2 amide bonds. The molecule has 1 heterocycles. The first-order chi connectivity index (χ1) is 6.57. The number of carbonyl (C=O) groups is 2. The Morgan fingerprint density at radius 1 is 1.43 bits per heavy atom. The van der Waals surface area contributed by atoms with E-state index in [1.165, 1.54) is 0 Å². The van der Waals surface area contributed by atoms with Crippen molar-refractivity contribution in [3.05, 3.63) is 0 Å². The summed E-state index contributed by atoms with van der Waals surface area (Å²) in [5, 5.41) is 2.65. The molecule has 2 atom stereocenters. The first kappa shape index (κ1) is 11.4. The van der Waals surface area contributed by atoms with E-state index >= 15 is 0 Å². The average Bonchev–Trinajstić information content (AvgIpc) is 2.15. The Bertz CT molecular complexity index is 245. The number of piperazine rings is 1. The fourth-order valence-corrected chi connectivity index (χ4v) is 1.85. The topological polar surface area (TPSA) is 49.4 Å². The molecule has 0 saturated carbocycles. The van der Waals surface area contributed by atoms with E-state index in [2.05, 4.69) is 5.32 Å². The zero-order valence-corrected chi connectivity index (χ0v) is 9.56. The van der Waals surface area contributed by atoms with Gasteiger partial charge in [-0.3, -0.25) is 9.59 Å². The molecule has 1 rings (SSSR count). The SMILES string of the molecule is CSCCN1C(=O)C(C)NC(=O)C1C. The van der Waals surface area contributed by atoms with Crippen molar-refractivity contribution in [1.82, 2.24) is 10.2 Å². The fraction of sp³-hybridized carbons (Fsp3) is 0.778. The molecule has 0 radical (unpaired) electrons. The Hall–Kier alpha value is -0.710. The number of carbonyl (C=O) groups excluding carboxylic acids is 2. The summed E-state index contributed by atoms with van der Waals surface area (Å²) in [6, 6.07) is -0.702. The molecule has 1 saturated heterocycles. The lowest BCUT2D eigenvalue weighted by Gasteiger charge is -2.35. The summed E-state index contributed by atoms with van der Waals surface area (Å²) >= 11 is 1.68. The van der Waals surface area contributed by atoms with E-state index < -0.39 is 0 Å². The van der Waals surface area contributed by atoms with Crippen LogP contribution in [-0.2, 0) is 9.59 Å². The van der Waals surface area contributed by atoms with E-state index in [1.807, 2.05) is 6.26 Å². The predicted molar refractivity (Wildman–Crippen MR) is 57.2 cm³/mol. The zero-order valence-electron chi connectivity index (χ0n) is 8.74. The molecule has 0 aromatic carbocycles. The monoisotopic (exact) mass is 216 g/mol. The van der Waals surface area contributed by atoms with Crippen LogP contribution in [0.1, 0.15) is 13.8 Å². The van der Waals surface area contributed by atoms with E-state index in [0.717, 1.165) is 5.75 Å². The minimum absolute atomic E-state index is 0.0196. The van der Waals surface area contributed by atoms with E-state index in [-0.39, 0.29) is 23.9 Å². The average molecular weight is 216 g/mol. The van der Waals surface area contributed by atoms with Crippen LogP contribution in [-0.4, -0.2) is 47.4 Å². The van der Waals surface area contributed by atoms with Gasteiger partial charge in [-0.2, -0.15) is 11.8 Å². The number of hydrogen-bond donors (Lipinski definition) is 1. The molecule has 0 aliphatic carbocycles. The molecule has 14 heavy (non-hydrogen) atoms. The molecule has 1 fully saturated rings. The lowest BCUT2D eigenvalue weighted by Crippen LogP contribution is -2.61. The summed E-state index contributed by atoms with van der Waals surface area (Å²) in [6.07, 6.45) is 1.99. The summed E-state index contributed by atoms with van der Waals surface area (Å²) in [6.45, 7) is 4.14. The maximum absolute atomic E-state index is 11.7. The van der Waals surface area contributed by atoms with Crippen LogP contribution in [0.5, 0.6) is 0 Å². The second kappa shape index (κ2) is 4.68. The highest BCUT2D eigenvalue weighted by atomic mass is 32.2. The summed E-state index contributed by atoms with van der Waals surface area (Å²) in [5.41, 5.74) is 0. The van der Waals surface area contributed by atoms with E-state index in [9.17, 15) is 9.59 Å². The highest BCUT2D eigenvalue weighted by molar-refractivity contribution is 7.98. The highest BCUT2D eigenvalue weighted by Gasteiger charge is 2.34. The molecule has 0 bridgehead atoms. The van der Waals surface area contributed by atoms with Gasteiger partial charge in [0.1, 0.15) is 12.1 Å². The van der Waals surface area contributed by atoms with Gasteiger partial charge in [0.15, 0.2) is 0 Å². The van der Waals surface area contributed by atoms with Gasteiger partial charge < -0.3 is 10.2 Å². The Kier molecular flexibility index (Phi) is 3.80. The maximum Gasteiger partial charge on any atom is 0.245 e. The van der Waals surface area contributed by atoms with Crippen molar-refractivity contribution in [2.75, 3.05) is 18.6 Å². The Balaban J connectivity index is 2.67. The van der Waals surface area contributed by atoms with Crippen molar-refractivity contribution in [1.29, 1.82) is 0 Å². The molecule has 1 aliphatic rings. The van der Waals surface area contributed by atoms with E-state index in [0.29, 0.717) is 6.54 Å². The Morgan fingerprint density at radius 2 is 2.07 bits per heavy atom. The van der Waals surface area contributed by atoms with Crippen LogP contribution in [0, 0.1) is 0 Å². The summed E-state index contributed by atoms with van der Waals surface area (Å²) in [5.74, 6) is 0.833. The van der Waals surface area contributed by atoms with Crippen LogP contribution in [0.25, 0.3) is 0 Å². The first-order valence-electron chi connectivity index (χ1n) is 4.67. The van der Waals surface area contributed by atoms with Crippen molar-refractivity contribution >= 4 is 23.6 Å². The smallest absolute Gasteiger partial charge is 0.245 e. The summed E-state index contributed by atoms with van der Waals surface area (Å²) in [7, 11) is 0. The lowest BCUT2D eigenvalue weighted by molar-refractivity contribution is -0.147. The number of rotatable bonds is 3. The number of nitrogens with zero attached hydrogens (tertiary/aromatic N) is 1. The molecule has 4 nitrogen and oxygen atoms in total. The molecule has 2 unspecified atom stereocenters. The largest absolute Gasteiger partial charge is 0.343 e. The molecular formula is C9H16N2O2S. The quantitative estimate of drug-likeness (QED) is 0.727. The molecule has 0 spiro atoms. The third-order valence-corrected chi connectivity index (χ3v) is 2.99. The molecule has 0 aromatic rings. The number of nitrogens with one attached hydrogen (secondary N) is 1. The van der Waals surface area contributed by atoms with Crippen LogP contribution < -0.4 is 5.32 Å². The molecular weight excluding hydrogens is 200 g/mol. The van der Waals surface area contributed by atoms with Crippen molar-refractivity contribution in [2.45, 2.75) is 25.9 Å². The van der Waals surface area contributed by atoms with Gasteiger partial charge in [-0.1, -0.05) is 0 Å². The van der Waals surface area contributed by atoms with Crippen LogP contribution in [0.4, 0.5) is 0 Å². The molecule has 5 heteroatoms. The van der Waals surface area contributed by atoms with Crippen molar-refractivity contribution in [3.63, 3.8) is 0 Å². The van der Waals surface area contributed by atoms with Gasteiger partial charge in [0.25, 0.3) is 0 Å². The van der Waals surface area contributed by atoms with Gasteiger partial charge in [0.2, 0.25) is 11.8 Å². The zero-order chi connectivity index (χ0) is 10.7. The molecule has 80 valence electrons. The molecule has 0 aromatic heterocycles. The molecule has 1 N–H and O–H groups in total. The first-order valence-corrected chi connectivity index (χ1v) is 6.07. The van der Waals surface area contributed by atoms with Crippen LogP contribution in [0.2, 0.25) is 0 Å². The van der Waals surface area contributed by atoms with Gasteiger partial charge >= 0.3 is 0 Å². The minimum atomic E-state index is -0.374. The third-order valence-electron chi connectivity index (χ3n) is 2.40. The van der Waals surface area contributed by atoms with Crippen LogP contribution in [0.3, 0.4) is 0 Å². The number of hydrogen-bond acceptors (Lipinski definition) is 3. The summed E-state index contributed by atoms with van der Waals surface area (Å²) in [4.78, 5) is 24.8. The normalized spacial score (nSPS) is 27.8. The predicted octanol–water partition coefficient (Wildman–Crippen LogP) is 0.0848. The Morgan fingerprint density at radius 3 is 2.64 bits per heavy atom. The fourth-order valence-electron chi connectivity index (χ4n) is 1.47. The number of amides is 2. The van der Waals surface area contributed by atoms with E-state index in [1.54, 1.807) is 30.5 Å². The van der Waals surface area contributed by atoms with Crippen molar-refractivity contribution < 1.29 is 9.59 Å². The lowest BCUT2D eigenvalue weighted by atomic mass is 10.1. The van der Waals surface area contributed by atoms with Gasteiger partial charge in [-0.05, 0) is 20.1 Å². The van der Waals surface area contributed by atoms with Gasteiger partial charge in [0.05, 0.1) is 0 Å². The number of thioether (sulfide) groups is 1. The van der Waals surface area contributed by atoms with E-state index in [4.69, 9.17) is 0 Å². The minimum Gasteiger partial charge on any atom is -0.343 e.